The molecule has 0 saturated carbocycles. The normalized spacial score (nSPS) is 34.4. The molecule has 2 aliphatic heterocycles. The molecule has 4 heteroatoms. The quantitative estimate of drug-likeness (QED) is 0.826. The maximum atomic E-state index is 3.82. The van der Waals surface area contributed by atoms with Crippen LogP contribution in [0.15, 0.2) is 11.3 Å². The molecule has 3 nitrogen and oxygen atoms in total. The smallest absolute Gasteiger partial charge is 0.0381 e. The fraction of sp³-hybridized carbons (Fsp3) is 0.867. The van der Waals surface area contributed by atoms with E-state index in [-0.39, 0.29) is 0 Å². The van der Waals surface area contributed by atoms with E-state index in [2.05, 4.69) is 28.9 Å². The van der Waals surface area contributed by atoms with E-state index in [1.165, 1.54) is 38.0 Å². The van der Waals surface area contributed by atoms with Gasteiger partial charge in [0.1, 0.15) is 0 Å². The zero-order valence-corrected chi connectivity index (χ0v) is 13.1. The van der Waals surface area contributed by atoms with Gasteiger partial charge in [0.2, 0.25) is 0 Å². The predicted octanol–water partition coefficient (Wildman–Crippen LogP) is 2.22. The minimum absolute atomic E-state index is 0.750. The number of fused-ring (bicyclic) bond motifs is 1. The number of piperidine rings is 1. The summed E-state index contributed by atoms with van der Waals surface area (Å²) in [6, 6.07) is 0.750. The van der Waals surface area contributed by atoms with Crippen LogP contribution in [0.25, 0.3) is 0 Å². The number of hydrogen-bond donors (Lipinski definition) is 2. The Morgan fingerprint density at radius 2 is 2.26 bits per heavy atom. The molecule has 3 aliphatic rings. The van der Waals surface area contributed by atoms with Crippen molar-refractivity contribution in [2.45, 2.75) is 38.6 Å². The Kier molecular flexibility index (Phi) is 4.40. The van der Waals surface area contributed by atoms with Gasteiger partial charge in [0.05, 0.1) is 0 Å². The fourth-order valence-electron chi connectivity index (χ4n) is 3.96. The minimum Gasteiger partial charge on any atom is -0.313 e. The van der Waals surface area contributed by atoms with Gasteiger partial charge in [-0.3, -0.25) is 0 Å². The highest BCUT2D eigenvalue weighted by Gasteiger charge is 2.38. The zero-order valence-electron chi connectivity index (χ0n) is 12.2. The number of nitrogens with zero attached hydrogens (tertiary/aromatic N) is 1. The first-order chi connectivity index (χ1) is 9.31. The summed E-state index contributed by atoms with van der Waals surface area (Å²) in [4.78, 5) is 0. The first kappa shape index (κ1) is 13.8. The molecule has 0 bridgehead atoms. The van der Waals surface area contributed by atoms with Crippen LogP contribution < -0.4 is 10.7 Å². The van der Waals surface area contributed by atoms with E-state index >= 15 is 0 Å². The van der Waals surface area contributed by atoms with Gasteiger partial charge in [-0.25, -0.2) is 5.43 Å². The van der Waals surface area contributed by atoms with Crippen molar-refractivity contribution in [2.75, 3.05) is 31.6 Å². The molecule has 2 heterocycles. The summed E-state index contributed by atoms with van der Waals surface area (Å²) in [6.45, 7) is 5.76. The van der Waals surface area contributed by atoms with Gasteiger partial charge in [-0.15, -0.1) is 0 Å². The molecule has 1 fully saturated rings. The maximum absolute atomic E-state index is 3.82. The Labute approximate surface area is 121 Å². The first-order valence-electron chi connectivity index (χ1n) is 7.76. The van der Waals surface area contributed by atoms with Crippen molar-refractivity contribution in [3.8, 4) is 0 Å². The lowest BCUT2D eigenvalue weighted by molar-refractivity contribution is 0.193. The van der Waals surface area contributed by atoms with Crippen molar-refractivity contribution in [3.05, 3.63) is 11.3 Å². The van der Waals surface area contributed by atoms with E-state index in [9.17, 15) is 0 Å². The molecule has 108 valence electrons. The highest BCUT2D eigenvalue weighted by Crippen LogP contribution is 2.39. The summed E-state index contributed by atoms with van der Waals surface area (Å²) < 4.78 is 0. The zero-order chi connectivity index (χ0) is 13.2. The number of hydrazine groups is 1. The number of thioether (sulfide) groups is 1. The van der Waals surface area contributed by atoms with Crippen molar-refractivity contribution >= 4 is 11.8 Å². The molecule has 3 rings (SSSR count). The van der Waals surface area contributed by atoms with Gasteiger partial charge in [-0.2, -0.15) is 11.8 Å². The Balaban J connectivity index is 1.67. The number of hydrogen-bond acceptors (Lipinski definition) is 4. The standard InChI is InChI=1S/C15H27N3S/c1-3-4-18-15-7-12-5-11(10-19-2)8-16-14(12)6-13(15)9-17-18/h11-12,14,16-17H,3-10H2,1-2H3/t11-,12+,14+/m1/s1. The van der Waals surface area contributed by atoms with Crippen LogP contribution in [0.5, 0.6) is 0 Å². The van der Waals surface area contributed by atoms with E-state index in [1.54, 1.807) is 11.3 Å². The Morgan fingerprint density at radius 1 is 1.37 bits per heavy atom. The van der Waals surface area contributed by atoms with E-state index in [1.807, 2.05) is 11.8 Å². The lowest BCUT2D eigenvalue weighted by Crippen LogP contribution is -2.48. The average molecular weight is 281 g/mol. The van der Waals surface area contributed by atoms with E-state index in [0.29, 0.717) is 0 Å². The molecule has 19 heavy (non-hydrogen) atoms. The Morgan fingerprint density at radius 3 is 3.05 bits per heavy atom. The largest absolute Gasteiger partial charge is 0.313 e. The topological polar surface area (TPSA) is 27.3 Å². The number of allylic oxidation sites excluding steroid dienone is 1. The van der Waals surface area contributed by atoms with E-state index in [4.69, 9.17) is 0 Å². The molecular formula is C15H27N3S. The average Bonchev–Trinajstić information content (AvgIpc) is 2.80. The molecule has 1 saturated heterocycles. The van der Waals surface area contributed by atoms with Crippen molar-refractivity contribution in [1.29, 1.82) is 0 Å². The molecule has 2 N–H and O–H groups in total. The van der Waals surface area contributed by atoms with E-state index in [0.717, 1.165) is 31.0 Å². The summed E-state index contributed by atoms with van der Waals surface area (Å²) >= 11 is 2.00. The van der Waals surface area contributed by atoms with Gasteiger partial charge in [-0.05, 0) is 61.6 Å². The van der Waals surface area contributed by atoms with Gasteiger partial charge < -0.3 is 10.3 Å². The van der Waals surface area contributed by atoms with Crippen LogP contribution in [-0.2, 0) is 0 Å². The molecular weight excluding hydrogens is 254 g/mol. The van der Waals surface area contributed by atoms with Crippen molar-refractivity contribution in [3.63, 3.8) is 0 Å². The third-order valence-corrected chi connectivity index (χ3v) is 5.67. The van der Waals surface area contributed by atoms with Crippen molar-refractivity contribution < 1.29 is 0 Å². The maximum Gasteiger partial charge on any atom is 0.0381 e. The monoisotopic (exact) mass is 281 g/mol. The molecule has 0 aromatic carbocycles. The summed E-state index contributed by atoms with van der Waals surface area (Å²) in [5, 5.41) is 6.26. The van der Waals surface area contributed by atoms with Crippen LogP contribution >= 0.6 is 11.8 Å². The van der Waals surface area contributed by atoms with Gasteiger partial charge in [0, 0.05) is 24.8 Å². The van der Waals surface area contributed by atoms with Gasteiger partial charge in [0.15, 0.2) is 0 Å². The van der Waals surface area contributed by atoms with Crippen molar-refractivity contribution in [2.24, 2.45) is 11.8 Å². The summed E-state index contributed by atoms with van der Waals surface area (Å²) in [5.41, 5.74) is 6.88. The SMILES string of the molecule is CCCN1NCC2=C1C[C@@H]1C[C@@H](CSC)CN[C@H]1C2. The highest BCUT2D eigenvalue weighted by molar-refractivity contribution is 7.98. The second-order valence-corrected chi connectivity index (χ2v) is 7.19. The predicted molar refractivity (Wildman–Crippen MR) is 83.0 cm³/mol. The number of nitrogens with one attached hydrogen (secondary N) is 2. The second-order valence-electron chi connectivity index (χ2n) is 6.28. The molecule has 0 unspecified atom stereocenters. The van der Waals surface area contributed by atoms with Crippen LogP contribution in [0.3, 0.4) is 0 Å². The van der Waals surface area contributed by atoms with Gasteiger partial charge >= 0.3 is 0 Å². The van der Waals surface area contributed by atoms with Crippen LogP contribution in [0.2, 0.25) is 0 Å². The van der Waals surface area contributed by atoms with E-state index < -0.39 is 0 Å². The van der Waals surface area contributed by atoms with Gasteiger partial charge in [0.25, 0.3) is 0 Å². The van der Waals surface area contributed by atoms with Gasteiger partial charge in [-0.1, -0.05) is 6.92 Å². The molecule has 3 atom stereocenters. The Bertz CT molecular complexity index is 355. The third kappa shape index (κ3) is 2.81. The minimum atomic E-state index is 0.750. The second kappa shape index (κ2) is 6.06. The third-order valence-electron chi connectivity index (χ3n) is 4.86. The number of rotatable bonds is 4. The van der Waals surface area contributed by atoms with Crippen LogP contribution in [0.4, 0.5) is 0 Å². The molecule has 0 radical (unpaired) electrons. The molecule has 0 aromatic rings. The first-order valence-corrected chi connectivity index (χ1v) is 9.15. The van der Waals surface area contributed by atoms with Crippen LogP contribution in [0, 0.1) is 11.8 Å². The molecule has 0 amide bonds. The summed E-state index contributed by atoms with van der Waals surface area (Å²) in [5.74, 6) is 3.07. The van der Waals surface area contributed by atoms with Crippen LogP contribution in [-0.4, -0.2) is 42.7 Å². The Hall–Kier alpha value is -0.190. The fourth-order valence-corrected chi connectivity index (χ4v) is 4.69. The lowest BCUT2D eigenvalue weighted by Gasteiger charge is -2.41. The molecule has 0 aromatic heterocycles. The molecule has 0 spiro atoms. The molecule has 1 aliphatic carbocycles. The van der Waals surface area contributed by atoms with Crippen LogP contribution in [0.1, 0.15) is 32.6 Å². The van der Waals surface area contributed by atoms with Crippen molar-refractivity contribution in [1.82, 2.24) is 15.8 Å². The highest BCUT2D eigenvalue weighted by atomic mass is 32.2. The summed E-state index contributed by atoms with van der Waals surface area (Å²) in [7, 11) is 0. The lowest BCUT2D eigenvalue weighted by atomic mass is 9.76. The summed E-state index contributed by atoms with van der Waals surface area (Å²) in [6.07, 6.45) is 7.46.